The van der Waals surface area contributed by atoms with E-state index < -0.39 is 9.05 Å². The largest absolute Gasteiger partial charge is 0.493 e. The predicted molar refractivity (Wildman–Crippen MR) is 74.6 cm³/mol. The fraction of sp³-hybridized carbons (Fsp3) is 0.462. The zero-order chi connectivity index (χ0) is 14.5. The third-order valence-electron chi connectivity index (χ3n) is 2.80. The summed E-state index contributed by atoms with van der Waals surface area (Å²) >= 11 is 0. The van der Waals surface area contributed by atoms with Crippen molar-refractivity contribution in [3.63, 3.8) is 0 Å². The molecule has 0 saturated heterocycles. The normalized spacial score (nSPS) is 13.0. The zero-order valence-corrected chi connectivity index (χ0v) is 12.4. The Kier molecular flexibility index (Phi) is 5.64. The zero-order valence-electron chi connectivity index (χ0n) is 10.8. The van der Waals surface area contributed by atoms with E-state index in [-0.39, 0.29) is 24.2 Å². The standard InChI is InChI=1S/C13H16ClNO3S/c1-10(2)12(9-19(14,16)17)8-18-13-5-3-11(7-15)4-6-13/h3-6,10,12H,8-9H2,1-2H3. The summed E-state index contributed by atoms with van der Waals surface area (Å²) in [4.78, 5) is 0. The minimum atomic E-state index is -3.53. The third-order valence-corrected chi connectivity index (χ3v) is 4.01. The van der Waals surface area contributed by atoms with Crippen molar-refractivity contribution in [3.8, 4) is 11.8 Å². The molecule has 0 amide bonds. The Labute approximate surface area is 118 Å². The van der Waals surface area contributed by atoms with Gasteiger partial charge < -0.3 is 4.74 Å². The molecule has 0 aliphatic heterocycles. The first-order chi connectivity index (χ1) is 8.81. The van der Waals surface area contributed by atoms with Crippen molar-refractivity contribution in [2.24, 2.45) is 11.8 Å². The molecular formula is C13H16ClNO3S. The Hall–Kier alpha value is -1.25. The van der Waals surface area contributed by atoms with Gasteiger partial charge in [-0.05, 0) is 30.2 Å². The second kappa shape index (κ2) is 6.78. The van der Waals surface area contributed by atoms with Gasteiger partial charge in [-0.2, -0.15) is 5.26 Å². The Morgan fingerprint density at radius 1 is 1.32 bits per heavy atom. The van der Waals surface area contributed by atoms with Gasteiger partial charge in [0.2, 0.25) is 9.05 Å². The molecule has 0 saturated carbocycles. The highest BCUT2D eigenvalue weighted by atomic mass is 35.7. The second-order valence-electron chi connectivity index (χ2n) is 4.66. The van der Waals surface area contributed by atoms with Gasteiger partial charge in [-0.25, -0.2) is 8.42 Å². The Morgan fingerprint density at radius 2 is 1.89 bits per heavy atom. The van der Waals surface area contributed by atoms with Crippen LogP contribution < -0.4 is 4.74 Å². The summed E-state index contributed by atoms with van der Waals surface area (Å²) in [5.41, 5.74) is 0.552. The van der Waals surface area contributed by atoms with E-state index in [0.717, 1.165) is 0 Å². The molecule has 4 nitrogen and oxygen atoms in total. The SMILES string of the molecule is CC(C)C(COc1ccc(C#N)cc1)CS(=O)(=O)Cl. The number of hydrogen-bond acceptors (Lipinski definition) is 4. The molecule has 0 bridgehead atoms. The topological polar surface area (TPSA) is 67.2 Å². The predicted octanol–water partition coefficient (Wildman–Crippen LogP) is 2.78. The highest BCUT2D eigenvalue weighted by molar-refractivity contribution is 8.13. The van der Waals surface area contributed by atoms with Crippen molar-refractivity contribution in [1.82, 2.24) is 0 Å². The molecule has 1 aromatic rings. The molecule has 1 aromatic carbocycles. The average Bonchev–Trinajstić information content (AvgIpc) is 2.33. The summed E-state index contributed by atoms with van der Waals surface area (Å²) in [6.45, 7) is 4.12. The van der Waals surface area contributed by atoms with Crippen molar-refractivity contribution >= 4 is 19.7 Å². The second-order valence-corrected chi connectivity index (χ2v) is 7.48. The van der Waals surface area contributed by atoms with Gasteiger partial charge in [-0.3, -0.25) is 0 Å². The van der Waals surface area contributed by atoms with Crippen molar-refractivity contribution < 1.29 is 13.2 Å². The number of halogens is 1. The van der Waals surface area contributed by atoms with Crippen LogP contribution >= 0.6 is 10.7 Å². The van der Waals surface area contributed by atoms with Crippen LogP contribution in [0.4, 0.5) is 0 Å². The average molecular weight is 302 g/mol. The van der Waals surface area contributed by atoms with Crippen LogP contribution in [0.1, 0.15) is 19.4 Å². The third kappa shape index (κ3) is 5.95. The highest BCUT2D eigenvalue weighted by Crippen LogP contribution is 2.19. The van der Waals surface area contributed by atoms with Crippen LogP contribution in [0.5, 0.6) is 5.75 Å². The lowest BCUT2D eigenvalue weighted by atomic mass is 9.99. The van der Waals surface area contributed by atoms with Gasteiger partial charge in [0.15, 0.2) is 0 Å². The van der Waals surface area contributed by atoms with E-state index >= 15 is 0 Å². The first-order valence-corrected chi connectivity index (χ1v) is 8.35. The summed E-state index contributed by atoms with van der Waals surface area (Å²) in [6.07, 6.45) is 0. The van der Waals surface area contributed by atoms with E-state index in [2.05, 4.69) is 0 Å². The van der Waals surface area contributed by atoms with Crippen molar-refractivity contribution in [1.29, 1.82) is 5.26 Å². The molecule has 0 fully saturated rings. The molecule has 6 heteroatoms. The molecular weight excluding hydrogens is 286 g/mol. The Bertz CT molecular complexity index is 546. The van der Waals surface area contributed by atoms with Crippen LogP contribution in [0.25, 0.3) is 0 Å². The van der Waals surface area contributed by atoms with E-state index in [9.17, 15) is 8.42 Å². The molecule has 0 spiro atoms. The quantitative estimate of drug-likeness (QED) is 0.758. The summed E-state index contributed by atoms with van der Waals surface area (Å²) in [7, 11) is 1.74. The fourth-order valence-electron chi connectivity index (χ4n) is 1.52. The number of hydrogen-bond donors (Lipinski definition) is 0. The van der Waals surface area contributed by atoms with E-state index in [0.29, 0.717) is 11.3 Å². The van der Waals surface area contributed by atoms with Gasteiger partial charge >= 0.3 is 0 Å². The molecule has 0 aliphatic rings. The Balaban J connectivity index is 2.63. The maximum absolute atomic E-state index is 11.1. The number of nitriles is 1. The van der Waals surface area contributed by atoms with Gasteiger partial charge in [0.1, 0.15) is 5.75 Å². The molecule has 1 rings (SSSR count). The number of rotatable bonds is 6. The van der Waals surface area contributed by atoms with Crippen LogP contribution in [0.15, 0.2) is 24.3 Å². The van der Waals surface area contributed by atoms with Crippen LogP contribution in [-0.2, 0) is 9.05 Å². The molecule has 0 aromatic heterocycles. The van der Waals surface area contributed by atoms with Gasteiger partial charge in [0.05, 0.1) is 24.0 Å². The van der Waals surface area contributed by atoms with Crippen LogP contribution in [0.2, 0.25) is 0 Å². The van der Waals surface area contributed by atoms with Crippen LogP contribution in [0, 0.1) is 23.2 Å². The smallest absolute Gasteiger partial charge is 0.233 e. The molecule has 19 heavy (non-hydrogen) atoms. The molecule has 0 N–H and O–H groups in total. The minimum absolute atomic E-state index is 0.109. The summed E-state index contributed by atoms with van der Waals surface area (Å²) in [5, 5.41) is 8.67. The van der Waals surface area contributed by atoms with Crippen molar-refractivity contribution in [2.75, 3.05) is 12.4 Å². The number of benzene rings is 1. The first kappa shape index (κ1) is 15.8. The fourth-order valence-corrected chi connectivity index (χ4v) is 3.00. The van der Waals surface area contributed by atoms with Crippen LogP contribution in [0.3, 0.4) is 0 Å². The summed E-state index contributed by atoms with van der Waals surface area (Å²) in [5.74, 6) is 0.476. The first-order valence-electron chi connectivity index (χ1n) is 5.87. The van der Waals surface area contributed by atoms with E-state index in [1.54, 1.807) is 24.3 Å². The lowest BCUT2D eigenvalue weighted by molar-refractivity contribution is 0.225. The molecule has 104 valence electrons. The lowest BCUT2D eigenvalue weighted by Crippen LogP contribution is -2.24. The number of ether oxygens (including phenoxy) is 1. The van der Waals surface area contributed by atoms with Gasteiger partial charge in [-0.15, -0.1) is 0 Å². The maximum Gasteiger partial charge on any atom is 0.233 e. The lowest BCUT2D eigenvalue weighted by Gasteiger charge is -2.19. The van der Waals surface area contributed by atoms with Gasteiger partial charge in [0, 0.05) is 16.6 Å². The van der Waals surface area contributed by atoms with Gasteiger partial charge in [-0.1, -0.05) is 13.8 Å². The van der Waals surface area contributed by atoms with Gasteiger partial charge in [0.25, 0.3) is 0 Å². The van der Waals surface area contributed by atoms with Crippen molar-refractivity contribution in [3.05, 3.63) is 29.8 Å². The maximum atomic E-state index is 11.1. The Morgan fingerprint density at radius 3 is 2.32 bits per heavy atom. The summed E-state index contributed by atoms with van der Waals surface area (Å²) in [6, 6.07) is 8.69. The molecule has 1 atom stereocenters. The molecule has 0 heterocycles. The molecule has 0 aliphatic carbocycles. The highest BCUT2D eigenvalue weighted by Gasteiger charge is 2.21. The minimum Gasteiger partial charge on any atom is -0.493 e. The monoisotopic (exact) mass is 301 g/mol. The number of nitrogens with zero attached hydrogens (tertiary/aromatic N) is 1. The van der Waals surface area contributed by atoms with E-state index in [1.807, 2.05) is 19.9 Å². The molecule has 1 unspecified atom stereocenters. The van der Waals surface area contributed by atoms with E-state index in [1.165, 1.54) is 0 Å². The van der Waals surface area contributed by atoms with Crippen LogP contribution in [-0.4, -0.2) is 20.8 Å². The van der Waals surface area contributed by atoms with Crippen molar-refractivity contribution in [2.45, 2.75) is 13.8 Å². The molecule has 0 radical (unpaired) electrons. The van der Waals surface area contributed by atoms with E-state index in [4.69, 9.17) is 20.7 Å². The summed E-state index contributed by atoms with van der Waals surface area (Å²) < 4.78 is 27.8.